The molecule has 3 aliphatic rings. The number of hydrogen-bond donors (Lipinski definition) is 3. The van der Waals surface area contributed by atoms with E-state index in [9.17, 15) is 9.90 Å². The van der Waals surface area contributed by atoms with Crippen LogP contribution in [0.3, 0.4) is 0 Å². The molecular weight excluding hydrogens is 262 g/mol. The Kier molecular flexibility index (Phi) is 2.60. The molecule has 0 aromatic rings. The average Bonchev–Trinajstić information content (AvgIpc) is 2.35. The molecule has 3 rings (SSSR count). The highest BCUT2D eigenvalue weighted by molar-refractivity contribution is 8.07. The number of nitrogens with one attached hydrogen (secondary N) is 2. The number of carboxylic acids is 1. The van der Waals surface area contributed by atoms with Gasteiger partial charge >= 0.3 is 5.97 Å². The largest absolute Gasteiger partial charge is 0.478 e. The van der Waals surface area contributed by atoms with Crippen molar-refractivity contribution >= 4 is 34.9 Å². The Hall–Kier alpha value is -2.21. The van der Waals surface area contributed by atoms with Crippen LogP contribution in [0.4, 0.5) is 0 Å². The second kappa shape index (κ2) is 4.17. The van der Waals surface area contributed by atoms with E-state index in [1.54, 1.807) is 24.3 Å². The number of fused-ring (bicyclic) bond motifs is 2. The van der Waals surface area contributed by atoms with E-state index in [1.807, 2.05) is 0 Å². The van der Waals surface area contributed by atoms with Crippen LogP contribution in [0.5, 0.6) is 0 Å². The highest BCUT2D eigenvalue weighted by Crippen LogP contribution is 2.40. The predicted octanol–water partition coefficient (Wildman–Crippen LogP) is 1.94. The zero-order valence-electron chi connectivity index (χ0n) is 9.68. The molecule has 94 valence electrons. The van der Waals surface area contributed by atoms with Gasteiger partial charge in [0.1, 0.15) is 6.04 Å². The van der Waals surface area contributed by atoms with E-state index >= 15 is 0 Å². The van der Waals surface area contributed by atoms with Crippen LogP contribution in [-0.4, -0.2) is 34.3 Å². The molecule has 1 unspecified atom stereocenters. The number of allylic oxidation sites excluding steroid dienone is 6. The van der Waals surface area contributed by atoms with Gasteiger partial charge in [0.2, 0.25) is 0 Å². The van der Waals surface area contributed by atoms with Crippen LogP contribution in [0.1, 0.15) is 0 Å². The van der Waals surface area contributed by atoms with Crippen LogP contribution in [0.2, 0.25) is 0 Å². The summed E-state index contributed by atoms with van der Waals surface area (Å²) in [7, 11) is 0. The van der Waals surface area contributed by atoms with Crippen LogP contribution < -0.4 is 0 Å². The Morgan fingerprint density at radius 3 is 2.74 bits per heavy atom. The standard InChI is InChI=1S/C13H9N3O2S/c14-6-1-2-9-10(4-6)19-11-5-7(15)3-8(13(17)18)12(11)16-9/h1-5,12,14-15H,(H,17,18). The lowest BCUT2D eigenvalue weighted by Crippen LogP contribution is -2.27. The summed E-state index contributed by atoms with van der Waals surface area (Å²) in [4.78, 5) is 17.2. The molecule has 6 heteroatoms. The first-order chi connectivity index (χ1) is 9.04. The summed E-state index contributed by atoms with van der Waals surface area (Å²) in [5.74, 6) is -1.05. The maximum Gasteiger partial charge on any atom is 0.334 e. The van der Waals surface area contributed by atoms with E-state index < -0.39 is 12.0 Å². The Morgan fingerprint density at radius 2 is 2.00 bits per heavy atom. The van der Waals surface area contributed by atoms with E-state index in [4.69, 9.17) is 10.8 Å². The SMILES string of the molecule is N=C1C=CC2=NC3C(=CC(=N)C=C3C(=O)O)SC2=C1. The number of thioether (sulfide) groups is 1. The highest BCUT2D eigenvalue weighted by Gasteiger charge is 2.33. The molecule has 0 aromatic carbocycles. The normalized spacial score (nSPS) is 24.7. The van der Waals surface area contributed by atoms with Crippen LogP contribution in [0.15, 0.2) is 50.8 Å². The molecule has 0 bridgehead atoms. The van der Waals surface area contributed by atoms with E-state index in [1.165, 1.54) is 17.8 Å². The van der Waals surface area contributed by atoms with Gasteiger partial charge in [-0.25, -0.2) is 4.79 Å². The van der Waals surface area contributed by atoms with Crippen molar-refractivity contribution in [3.8, 4) is 0 Å². The Morgan fingerprint density at radius 1 is 1.21 bits per heavy atom. The summed E-state index contributed by atoms with van der Waals surface area (Å²) in [5.41, 5.74) is 1.37. The zero-order valence-corrected chi connectivity index (χ0v) is 10.5. The van der Waals surface area contributed by atoms with Gasteiger partial charge < -0.3 is 15.9 Å². The molecule has 2 aliphatic carbocycles. The van der Waals surface area contributed by atoms with Gasteiger partial charge in [0, 0.05) is 9.81 Å². The van der Waals surface area contributed by atoms with Crippen LogP contribution in [0, 0.1) is 10.8 Å². The quantitative estimate of drug-likeness (QED) is 0.636. The number of hydrogen-bond acceptors (Lipinski definition) is 5. The molecule has 3 N–H and O–H groups in total. The lowest BCUT2D eigenvalue weighted by molar-refractivity contribution is -0.132. The van der Waals surface area contributed by atoms with Gasteiger partial charge in [-0.1, -0.05) is 11.8 Å². The maximum absolute atomic E-state index is 11.2. The van der Waals surface area contributed by atoms with Gasteiger partial charge in [-0.2, -0.15) is 0 Å². The van der Waals surface area contributed by atoms with Crippen LogP contribution in [-0.2, 0) is 4.79 Å². The average molecular weight is 271 g/mol. The van der Waals surface area contributed by atoms with Crippen molar-refractivity contribution in [3.05, 3.63) is 45.8 Å². The third kappa shape index (κ3) is 2.00. The van der Waals surface area contributed by atoms with Crippen molar-refractivity contribution in [1.29, 1.82) is 10.8 Å². The number of rotatable bonds is 1. The number of aliphatic carboxylic acids is 1. The molecule has 0 radical (unpaired) electrons. The topological polar surface area (TPSA) is 97.4 Å². The van der Waals surface area contributed by atoms with Crippen molar-refractivity contribution in [2.75, 3.05) is 0 Å². The summed E-state index contributed by atoms with van der Waals surface area (Å²) in [6.07, 6.45) is 8.02. The molecule has 5 nitrogen and oxygen atoms in total. The number of carbonyl (C=O) groups is 1. The fourth-order valence-electron chi connectivity index (χ4n) is 2.04. The predicted molar refractivity (Wildman–Crippen MR) is 75.3 cm³/mol. The first kappa shape index (κ1) is 11.9. The van der Waals surface area contributed by atoms with Crippen molar-refractivity contribution in [3.63, 3.8) is 0 Å². The van der Waals surface area contributed by atoms with Gasteiger partial charge in [0.05, 0.1) is 22.7 Å². The Bertz CT molecular complexity index is 680. The van der Waals surface area contributed by atoms with E-state index in [0.717, 1.165) is 9.81 Å². The van der Waals surface area contributed by atoms with Crippen molar-refractivity contribution in [2.24, 2.45) is 4.99 Å². The monoisotopic (exact) mass is 271 g/mol. The van der Waals surface area contributed by atoms with E-state index in [-0.39, 0.29) is 11.3 Å². The third-order valence-corrected chi connectivity index (χ3v) is 4.00. The zero-order chi connectivity index (χ0) is 13.6. The second-order valence-corrected chi connectivity index (χ2v) is 5.34. The smallest absolute Gasteiger partial charge is 0.334 e. The van der Waals surface area contributed by atoms with E-state index in [0.29, 0.717) is 11.4 Å². The number of carboxylic acid groups (broad SMARTS) is 1. The summed E-state index contributed by atoms with van der Waals surface area (Å²) in [5, 5.41) is 24.4. The van der Waals surface area contributed by atoms with Crippen LogP contribution in [0.25, 0.3) is 0 Å². The van der Waals surface area contributed by atoms with Crippen molar-refractivity contribution in [2.45, 2.75) is 6.04 Å². The fraction of sp³-hybridized carbons (Fsp3) is 0.0769. The first-order valence-electron chi connectivity index (χ1n) is 5.54. The molecule has 0 amide bonds. The summed E-state index contributed by atoms with van der Waals surface area (Å²) in [6.45, 7) is 0. The molecule has 1 heterocycles. The molecule has 1 aliphatic heterocycles. The molecule has 1 atom stereocenters. The Balaban J connectivity index is 2.10. The first-order valence-corrected chi connectivity index (χ1v) is 6.35. The minimum atomic E-state index is -1.05. The van der Waals surface area contributed by atoms with Gasteiger partial charge in [-0.05, 0) is 30.4 Å². The van der Waals surface area contributed by atoms with Gasteiger partial charge in [0.25, 0.3) is 0 Å². The van der Waals surface area contributed by atoms with Gasteiger partial charge in [0.15, 0.2) is 0 Å². The summed E-state index contributed by atoms with van der Waals surface area (Å²) in [6, 6.07) is -0.541. The summed E-state index contributed by atoms with van der Waals surface area (Å²) < 4.78 is 0. The molecule has 0 spiro atoms. The maximum atomic E-state index is 11.2. The van der Waals surface area contributed by atoms with Crippen LogP contribution >= 0.6 is 11.8 Å². The number of nitrogens with zero attached hydrogens (tertiary/aromatic N) is 1. The molecule has 0 aromatic heterocycles. The lowest BCUT2D eigenvalue weighted by Gasteiger charge is -2.27. The molecular formula is C13H9N3O2S. The molecule has 19 heavy (non-hydrogen) atoms. The van der Waals surface area contributed by atoms with Crippen molar-refractivity contribution < 1.29 is 9.90 Å². The fourth-order valence-corrected chi connectivity index (χ4v) is 3.18. The minimum Gasteiger partial charge on any atom is -0.478 e. The highest BCUT2D eigenvalue weighted by atomic mass is 32.2. The van der Waals surface area contributed by atoms with Gasteiger partial charge in [-0.15, -0.1) is 0 Å². The second-order valence-electron chi connectivity index (χ2n) is 4.22. The minimum absolute atomic E-state index is 0.121. The summed E-state index contributed by atoms with van der Waals surface area (Å²) >= 11 is 1.38. The van der Waals surface area contributed by atoms with Crippen molar-refractivity contribution in [1.82, 2.24) is 0 Å². The molecule has 0 saturated carbocycles. The number of aliphatic imine (C=N–C) groups is 1. The van der Waals surface area contributed by atoms with E-state index in [2.05, 4.69) is 4.99 Å². The molecule has 0 saturated heterocycles. The Labute approximate surface area is 113 Å². The molecule has 0 fully saturated rings. The van der Waals surface area contributed by atoms with Gasteiger partial charge in [-0.3, -0.25) is 4.99 Å². The third-order valence-electron chi connectivity index (χ3n) is 2.88. The lowest BCUT2D eigenvalue weighted by atomic mass is 9.98.